The Labute approximate surface area is 214 Å². The maximum atomic E-state index is 12.9. The quantitative estimate of drug-likeness (QED) is 0.486. The van der Waals surface area contributed by atoms with Crippen LogP contribution in [0, 0.1) is 0 Å². The molecule has 1 fully saturated rings. The Morgan fingerprint density at radius 1 is 1.12 bits per heavy atom. The van der Waals surface area contributed by atoms with E-state index in [2.05, 4.69) is 5.32 Å². The molecule has 2 aromatic rings. The molecule has 0 spiro atoms. The molecule has 1 aliphatic rings. The standard InChI is InChI=1S/C24H27Cl2N3O4S/c1-32-21-11-15(7-10-20(21)33-14-22(27)30)13-29(17-5-3-2-4-6-17)24(34)28-23(31)18-9-8-16(25)12-19(18)26/h7-12,17H,2-6,13-14H2,1H3,(H2,27,30)(H,28,31,34). The number of halogens is 2. The summed E-state index contributed by atoms with van der Waals surface area (Å²) in [6.07, 6.45) is 5.35. The molecule has 3 rings (SSSR count). The van der Waals surface area contributed by atoms with Crippen LogP contribution in [-0.4, -0.2) is 41.6 Å². The molecule has 182 valence electrons. The van der Waals surface area contributed by atoms with Gasteiger partial charge in [0.1, 0.15) is 0 Å². The Balaban J connectivity index is 1.79. The lowest BCUT2D eigenvalue weighted by Crippen LogP contribution is -2.48. The molecule has 2 amide bonds. The molecule has 3 N–H and O–H groups in total. The van der Waals surface area contributed by atoms with E-state index in [0.29, 0.717) is 33.7 Å². The largest absolute Gasteiger partial charge is 0.493 e. The minimum Gasteiger partial charge on any atom is -0.493 e. The van der Waals surface area contributed by atoms with Gasteiger partial charge in [-0.15, -0.1) is 0 Å². The van der Waals surface area contributed by atoms with Crippen molar-refractivity contribution in [2.45, 2.75) is 44.7 Å². The van der Waals surface area contributed by atoms with Gasteiger partial charge in [-0.25, -0.2) is 0 Å². The van der Waals surface area contributed by atoms with Crippen LogP contribution < -0.4 is 20.5 Å². The number of hydrogen-bond acceptors (Lipinski definition) is 5. The molecule has 1 saturated carbocycles. The highest BCUT2D eigenvalue weighted by Gasteiger charge is 2.25. The number of carbonyl (C=O) groups excluding carboxylic acids is 2. The number of ether oxygens (including phenoxy) is 2. The molecule has 1 aliphatic carbocycles. The minimum atomic E-state index is -0.573. The van der Waals surface area contributed by atoms with Crippen LogP contribution in [0.4, 0.5) is 0 Å². The summed E-state index contributed by atoms with van der Waals surface area (Å²) >= 11 is 17.8. The second-order valence-electron chi connectivity index (χ2n) is 8.04. The summed E-state index contributed by atoms with van der Waals surface area (Å²) < 4.78 is 10.8. The molecule has 0 unspecified atom stereocenters. The number of methoxy groups -OCH3 is 1. The summed E-state index contributed by atoms with van der Waals surface area (Å²) in [6.45, 7) is 0.220. The van der Waals surface area contributed by atoms with E-state index in [0.717, 1.165) is 31.2 Å². The SMILES string of the molecule is COc1cc(CN(C(=S)NC(=O)c2ccc(Cl)cc2Cl)C2CCCCC2)ccc1OCC(N)=O. The molecule has 2 aromatic carbocycles. The zero-order valence-corrected chi connectivity index (χ0v) is 21.1. The number of primary amides is 1. The Hall–Kier alpha value is -2.55. The first-order valence-electron chi connectivity index (χ1n) is 10.9. The van der Waals surface area contributed by atoms with Gasteiger partial charge < -0.3 is 20.1 Å². The Morgan fingerprint density at radius 2 is 1.85 bits per heavy atom. The molecular weight excluding hydrogens is 497 g/mol. The molecule has 0 aromatic heterocycles. The summed E-state index contributed by atoms with van der Waals surface area (Å²) in [6, 6.07) is 10.3. The lowest BCUT2D eigenvalue weighted by Gasteiger charge is -2.36. The molecule has 0 saturated heterocycles. The van der Waals surface area contributed by atoms with Gasteiger partial charge in [-0.2, -0.15) is 0 Å². The van der Waals surface area contributed by atoms with Gasteiger partial charge in [0.25, 0.3) is 11.8 Å². The molecular formula is C24H27Cl2N3O4S. The first-order chi connectivity index (χ1) is 16.3. The Morgan fingerprint density at radius 3 is 2.50 bits per heavy atom. The van der Waals surface area contributed by atoms with E-state index >= 15 is 0 Å². The van der Waals surface area contributed by atoms with Gasteiger partial charge in [-0.05, 0) is 61.0 Å². The third-order valence-corrected chi connectivity index (χ3v) is 6.51. The number of rotatable bonds is 8. The normalized spacial score (nSPS) is 13.7. The number of nitrogens with two attached hydrogens (primary N) is 1. The summed E-state index contributed by atoms with van der Waals surface area (Å²) in [5, 5.41) is 3.87. The number of nitrogens with zero attached hydrogens (tertiary/aromatic N) is 1. The summed E-state index contributed by atoms with van der Waals surface area (Å²) in [5.41, 5.74) is 6.38. The predicted octanol–water partition coefficient (Wildman–Crippen LogP) is 4.72. The van der Waals surface area contributed by atoms with Gasteiger partial charge in [0, 0.05) is 17.6 Å². The van der Waals surface area contributed by atoms with Crippen molar-refractivity contribution < 1.29 is 19.1 Å². The molecule has 0 radical (unpaired) electrons. The summed E-state index contributed by atoms with van der Waals surface area (Å²) in [5.74, 6) is -0.0653. The minimum absolute atomic E-state index is 0.194. The smallest absolute Gasteiger partial charge is 0.258 e. The van der Waals surface area contributed by atoms with Crippen LogP contribution in [0.15, 0.2) is 36.4 Å². The predicted molar refractivity (Wildman–Crippen MR) is 137 cm³/mol. The van der Waals surface area contributed by atoms with Gasteiger partial charge >= 0.3 is 0 Å². The van der Waals surface area contributed by atoms with Crippen molar-refractivity contribution in [2.24, 2.45) is 5.73 Å². The van der Waals surface area contributed by atoms with Gasteiger partial charge in [-0.1, -0.05) is 48.5 Å². The van der Waals surface area contributed by atoms with Crippen molar-refractivity contribution in [3.8, 4) is 11.5 Å². The fourth-order valence-electron chi connectivity index (χ4n) is 3.94. The van der Waals surface area contributed by atoms with E-state index in [1.54, 1.807) is 18.2 Å². The van der Waals surface area contributed by atoms with Crippen LogP contribution in [0.3, 0.4) is 0 Å². The van der Waals surface area contributed by atoms with Gasteiger partial charge in [0.2, 0.25) is 0 Å². The number of benzene rings is 2. The van der Waals surface area contributed by atoms with E-state index in [-0.39, 0.29) is 23.6 Å². The van der Waals surface area contributed by atoms with Crippen molar-refractivity contribution in [3.05, 3.63) is 57.6 Å². The summed E-state index contributed by atoms with van der Waals surface area (Å²) in [4.78, 5) is 26.0. The molecule has 0 aliphatic heterocycles. The van der Waals surface area contributed by atoms with Crippen molar-refractivity contribution in [1.29, 1.82) is 0 Å². The van der Waals surface area contributed by atoms with Crippen LogP contribution >= 0.6 is 35.4 Å². The van der Waals surface area contributed by atoms with Crippen LogP contribution in [0.2, 0.25) is 10.0 Å². The average Bonchev–Trinajstić information content (AvgIpc) is 2.81. The van der Waals surface area contributed by atoms with Gasteiger partial charge in [0.05, 0.1) is 17.7 Å². The zero-order chi connectivity index (χ0) is 24.7. The van der Waals surface area contributed by atoms with Crippen LogP contribution in [0.25, 0.3) is 0 Å². The number of thiocarbonyl (C=S) groups is 1. The zero-order valence-electron chi connectivity index (χ0n) is 18.8. The van der Waals surface area contributed by atoms with Crippen molar-refractivity contribution >= 4 is 52.3 Å². The first kappa shape index (κ1) is 26.1. The van der Waals surface area contributed by atoms with E-state index in [1.807, 2.05) is 17.0 Å². The maximum absolute atomic E-state index is 12.9. The maximum Gasteiger partial charge on any atom is 0.258 e. The van der Waals surface area contributed by atoms with Crippen molar-refractivity contribution in [2.75, 3.05) is 13.7 Å². The fraction of sp³-hybridized carbons (Fsp3) is 0.375. The lowest BCUT2D eigenvalue weighted by molar-refractivity contribution is -0.119. The number of carbonyl (C=O) groups is 2. The third kappa shape index (κ3) is 6.98. The molecule has 7 nitrogen and oxygen atoms in total. The average molecular weight is 524 g/mol. The van der Waals surface area contributed by atoms with Crippen LogP contribution in [0.5, 0.6) is 11.5 Å². The Kier molecular flexibility index (Phi) is 9.38. The number of amides is 2. The van der Waals surface area contributed by atoms with E-state index in [4.69, 9.17) is 50.6 Å². The molecule has 0 heterocycles. The van der Waals surface area contributed by atoms with Gasteiger partial charge in [-0.3, -0.25) is 14.9 Å². The van der Waals surface area contributed by atoms with Gasteiger partial charge in [0.15, 0.2) is 23.2 Å². The summed E-state index contributed by atoms with van der Waals surface area (Å²) in [7, 11) is 1.52. The van der Waals surface area contributed by atoms with Crippen molar-refractivity contribution in [1.82, 2.24) is 10.2 Å². The van der Waals surface area contributed by atoms with E-state index < -0.39 is 5.91 Å². The topological polar surface area (TPSA) is 93.9 Å². The second kappa shape index (κ2) is 12.2. The monoisotopic (exact) mass is 523 g/mol. The fourth-order valence-corrected chi connectivity index (χ4v) is 4.75. The van der Waals surface area contributed by atoms with Crippen LogP contribution in [0.1, 0.15) is 48.0 Å². The highest BCUT2D eigenvalue weighted by atomic mass is 35.5. The van der Waals surface area contributed by atoms with Crippen LogP contribution in [-0.2, 0) is 11.3 Å². The second-order valence-corrected chi connectivity index (χ2v) is 9.27. The highest BCUT2D eigenvalue weighted by molar-refractivity contribution is 7.80. The molecule has 0 atom stereocenters. The molecule has 34 heavy (non-hydrogen) atoms. The molecule has 0 bridgehead atoms. The Bertz CT molecular complexity index is 1060. The lowest BCUT2D eigenvalue weighted by atomic mass is 9.94. The number of hydrogen-bond donors (Lipinski definition) is 2. The molecule has 10 heteroatoms. The van der Waals surface area contributed by atoms with E-state index in [9.17, 15) is 9.59 Å². The van der Waals surface area contributed by atoms with Crippen molar-refractivity contribution in [3.63, 3.8) is 0 Å². The number of nitrogens with one attached hydrogen (secondary N) is 1. The van der Waals surface area contributed by atoms with E-state index in [1.165, 1.54) is 19.6 Å². The first-order valence-corrected chi connectivity index (χ1v) is 12.1. The third-order valence-electron chi connectivity index (χ3n) is 5.62. The highest BCUT2D eigenvalue weighted by Crippen LogP contribution is 2.30.